The first-order valence-corrected chi connectivity index (χ1v) is 9.85. The van der Waals surface area contributed by atoms with Crippen molar-refractivity contribution in [2.45, 2.75) is 40.0 Å². The van der Waals surface area contributed by atoms with Gasteiger partial charge in [0.15, 0.2) is 4.32 Å². The van der Waals surface area contributed by atoms with Crippen LogP contribution < -0.4 is 4.90 Å². The predicted molar refractivity (Wildman–Crippen MR) is 117 cm³/mol. The number of nitrogens with zero attached hydrogens (tertiary/aromatic N) is 1. The van der Waals surface area contributed by atoms with Gasteiger partial charge in [0.25, 0.3) is 5.91 Å². The van der Waals surface area contributed by atoms with Crippen molar-refractivity contribution >= 4 is 46.0 Å². The Hall–Kier alpha value is -1.91. The fourth-order valence-corrected chi connectivity index (χ4v) is 4.25. The summed E-state index contributed by atoms with van der Waals surface area (Å²) in [7, 11) is 0. The Labute approximate surface area is 165 Å². The molecule has 1 heterocycles. The van der Waals surface area contributed by atoms with Gasteiger partial charge in [0, 0.05) is 0 Å². The molecule has 1 saturated heterocycles. The number of carbonyl (C=O) groups is 1. The zero-order valence-corrected chi connectivity index (χ0v) is 17.4. The van der Waals surface area contributed by atoms with E-state index in [1.807, 2.05) is 32.1 Å². The van der Waals surface area contributed by atoms with E-state index in [9.17, 15) is 4.79 Å². The molecule has 0 aromatic heterocycles. The third-order valence-corrected chi connectivity index (χ3v) is 5.76. The molecule has 0 bridgehead atoms. The van der Waals surface area contributed by atoms with Gasteiger partial charge in [-0.2, -0.15) is 0 Å². The molecule has 0 unspecified atom stereocenters. The van der Waals surface area contributed by atoms with E-state index in [4.69, 9.17) is 12.2 Å². The molecule has 0 aliphatic carbocycles. The summed E-state index contributed by atoms with van der Waals surface area (Å²) in [5.74, 6) is -0.0492. The Kier molecular flexibility index (Phi) is 5.09. The normalized spacial score (nSPS) is 16.7. The number of carbonyl (C=O) groups excluding carboxylic acids is 1. The molecule has 3 rings (SSSR count). The molecule has 0 spiro atoms. The van der Waals surface area contributed by atoms with Gasteiger partial charge >= 0.3 is 0 Å². The number of aryl methyl sites for hydroxylation is 2. The van der Waals surface area contributed by atoms with E-state index in [2.05, 4.69) is 51.1 Å². The highest BCUT2D eigenvalue weighted by atomic mass is 32.2. The monoisotopic (exact) mass is 381 g/mol. The maximum atomic E-state index is 12.9. The Morgan fingerprint density at radius 1 is 1.04 bits per heavy atom. The van der Waals surface area contributed by atoms with Crippen LogP contribution in [0.3, 0.4) is 0 Å². The lowest BCUT2D eigenvalue weighted by molar-refractivity contribution is -0.113. The fourth-order valence-electron chi connectivity index (χ4n) is 2.96. The van der Waals surface area contributed by atoms with Crippen molar-refractivity contribution in [3.8, 4) is 0 Å². The molecule has 1 aliphatic rings. The number of hydrogen-bond donors (Lipinski definition) is 0. The number of amides is 1. The first kappa shape index (κ1) is 18.9. The highest BCUT2D eigenvalue weighted by Crippen LogP contribution is 2.37. The predicted octanol–water partition coefficient (Wildman–Crippen LogP) is 6.01. The summed E-state index contributed by atoms with van der Waals surface area (Å²) in [6.07, 6.45) is 1.93. The minimum Gasteiger partial charge on any atom is -0.268 e. The van der Waals surface area contributed by atoms with Gasteiger partial charge in [-0.3, -0.25) is 9.69 Å². The lowest BCUT2D eigenvalue weighted by atomic mass is 9.87. The van der Waals surface area contributed by atoms with Gasteiger partial charge in [0.05, 0.1) is 10.6 Å². The van der Waals surface area contributed by atoms with Crippen molar-refractivity contribution < 1.29 is 4.79 Å². The van der Waals surface area contributed by atoms with Crippen LogP contribution in [0.5, 0.6) is 0 Å². The second kappa shape index (κ2) is 7.01. The average molecular weight is 382 g/mol. The molecule has 4 heteroatoms. The topological polar surface area (TPSA) is 20.3 Å². The lowest BCUT2D eigenvalue weighted by Gasteiger charge is -2.18. The van der Waals surface area contributed by atoms with Gasteiger partial charge in [-0.15, -0.1) is 0 Å². The second-order valence-corrected chi connectivity index (χ2v) is 9.35. The Morgan fingerprint density at radius 2 is 1.69 bits per heavy atom. The number of benzene rings is 2. The number of thiocarbonyl (C=S) groups is 1. The van der Waals surface area contributed by atoms with E-state index in [0.717, 1.165) is 16.8 Å². The third-order valence-electron chi connectivity index (χ3n) is 4.46. The van der Waals surface area contributed by atoms with Crippen LogP contribution in [0.2, 0.25) is 0 Å². The molecule has 1 fully saturated rings. The van der Waals surface area contributed by atoms with Gasteiger partial charge in [-0.1, -0.05) is 86.7 Å². The number of hydrogen-bond acceptors (Lipinski definition) is 3. The standard InChI is InChI=1S/C22H23NOS2/c1-14-6-11-18(15(2)12-14)23-20(24)19(26-21(23)25)13-16-7-9-17(10-8-16)22(3,4)5/h6-13H,1-5H3/b19-13-. The summed E-state index contributed by atoms with van der Waals surface area (Å²) in [5.41, 5.74) is 5.50. The van der Waals surface area contributed by atoms with Crippen LogP contribution in [0.25, 0.3) is 6.08 Å². The van der Waals surface area contributed by atoms with Crippen molar-refractivity contribution in [3.05, 3.63) is 69.6 Å². The van der Waals surface area contributed by atoms with E-state index >= 15 is 0 Å². The van der Waals surface area contributed by atoms with Crippen molar-refractivity contribution in [1.29, 1.82) is 0 Å². The molecule has 1 amide bonds. The number of anilines is 1. The highest BCUT2D eigenvalue weighted by Gasteiger charge is 2.34. The van der Waals surface area contributed by atoms with Crippen molar-refractivity contribution in [1.82, 2.24) is 0 Å². The zero-order valence-electron chi connectivity index (χ0n) is 15.8. The lowest BCUT2D eigenvalue weighted by Crippen LogP contribution is -2.28. The van der Waals surface area contributed by atoms with Crippen molar-refractivity contribution in [2.24, 2.45) is 0 Å². The molecule has 2 aromatic carbocycles. The first-order chi connectivity index (χ1) is 12.2. The van der Waals surface area contributed by atoms with Crippen LogP contribution in [-0.4, -0.2) is 10.2 Å². The van der Waals surface area contributed by atoms with E-state index < -0.39 is 0 Å². The summed E-state index contributed by atoms with van der Waals surface area (Å²) in [6.45, 7) is 10.6. The molecule has 0 N–H and O–H groups in total. The maximum Gasteiger partial charge on any atom is 0.270 e. The van der Waals surface area contributed by atoms with Crippen LogP contribution in [-0.2, 0) is 10.2 Å². The summed E-state index contributed by atoms with van der Waals surface area (Å²) >= 11 is 6.85. The SMILES string of the molecule is Cc1ccc(N2C(=O)/C(=C/c3ccc(C(C)(C)C)cc3)SC2=S)c(C)c1. The van der Waals surface area contributed by atoms with Gasteiger partial charge < -0.3 is 0 Å². The Bertz CT molecular complexity index is 905. The number of thioether (sulfide) groups is 1. The molecule has 1 aliphatic heterocycles. The fraction of sp³-hybridized carbons (Fsp3) is 0.273. The van der Waals surface area contributed by atoms with Crippen molar-refractivity contribution in [3.63, 3.8) is 0 Å². The molecule has 134 valence electrons. The molecule has 26 heavy (non-hydrogen) atoms. The molecule has 2 nitrogen and oxygen atoms in total. The second-order valence-electron chi connectivity index (χ2n) is 7.68. The minimum atomic E-state index is -0.0492. The molecule has 0 radical (unpaired) electrons. The number of rotatable bonds is 2. The van der Waals surface area contributed by atoms with Gasteiger partial charge in [-0.25, -0.2) is 0 Å². The zero-order chi connectivity index (χ0) is 19.1. The van der Waals surface area contributed by atoms with E-state index in [0.29, 0.717) is 9.23 Å². The van der Waals surface area contributed by atoms with Crippen LogP contribution in [0, 0.1) is 13.8 Å². The van der Waals surface area contributed by atoms with E-state index in [1.165, 1.54) is 22.9 Å². The van der Waals surface area contributed by atoms with Gasteiger partial charge in [0.2, 0.25) is 0 Å². The minimum absolute atomic E-state index is 0.0492. The molecule has 0 saturated carbocycles. The summed E-state index contributed by atoms with van der Waals surface area (Å²) < 4.78 is 0.583. The smallest absolute Gasteiger partial charge is 0.268 e. The van der Waals surface area contributed by atoms with Crippen LogP contribution in [0.4, 0.5) is 5.69 Å². The summed E-state index contributed by atoms with van der Waals surface area (Å²) in [5, 5.41) is 0. The van der Waals surface area contributed by atoms with Crippen LogP contribution in [0.15, 0.2) is 47.4 Å². The Morgan fingerprint density at radius 3 is 2.27 bits per heavy atom. The molecular formula is C22H23NOS2. The van der Waals surface area contributed by atoms with Crippen LogP contribution >= 0.6 is 24.0 Å². The summed E-state index contributed by atoms with van der Waals surface area (Å²) in [4.78, 5) is 15.2. The first-order valence-electron chi connectivity index (χ1n) is 8.62. The van der Waals surface area contributed by atoms with Gasteiger partial charge in [0.1, 0.15) is 0 Å². The largest absolute Gasteiger partial charge is 0.270 e. The Balaban J connectivity index is 1.90. The quantitative estimate of drug-likeness (QED) is 0.469. The molecular weight excluding hydrogens is 358 g/mol. The van der Waals surface area contributed by atoms with E-state index in [-0.39, 0.29) is 11.3 Å². The molecule has 2 aromatic rings. The van der Waals surface area contributed by atoms with Gasteiger partial charge in [-0.05, 0) is 48.1 Å². The van der Waals surface area contributed by atoms with Crippen molar-refractivity contribution in [2.75, 3.05) is 4.90 Å². The third kappa shape index (κ3) is 3.76. The van der Waals surface area contributed by atoms with E-state index in [1.54, 1.807) is 4.90 Å². The highest BCUT2D eigenvalue weighted by molar-refractivity contribution is 8.27. The maximum absolute atomic E-state index is 12.9. The average Bonchev–Trinajstić information content (AvgIpc) is 2.82. The van der Waals surface area contributed by atoms with Crippen LogP contribution in [0.1, 0.15) is 43.0 Å². The summed E-state index contributed by atoms with van der Waals surface area (Å²) in [6, 6.07) is 14.4. The molecule has 0 atom stereocenters.